The second-order valence-corrected chi connectivity index (χ2v) is 3.66. The molecule has 1 aromatic heterocycles. The lowest BCUT2D eigenvalue weighted by Crippen LogP contribution is -2.12. The van der Waals surface area contributed by atoms with Crippen molar-refractivity contribution < 1.29 is 9.53 Å². The van der Waals surface area contributed by atoms with Crippen LogP contribution in [0.1, 0.15) is 31.9 Å². The molecule has 0 aliphatic rings. The van der Waals surface area contributed by atoms with E-state index >= 15 is 0 Å². The van der Waals surface area contributed by atoms with E-state index in [-0.39, 0.29) is 5.97 Å². The summed E-state index contributed by atoms with van der Waals surface area (Å²) in [6, 6.07) is 4.04. The third-order valence-electron chi connectivity index (χ3n) is 2.49. The molecule has 0 fully saturated rings. The summed E-state index contributed by atoms with van der Waals surface area (Å²) in [5.41, 5.74) is 1.22. The summed E-state index contributed by atoms with van der Waals surface area (Å²) < 4.78 is 6.60. The highest BCUT2D eigenvalue weighted by atomic mass is 16.5. The lowest BCUT2D eigenvalue weighted by atomic mass is 10.1. The number of aryl methyl sites for hydroxylation is 1. The van der Waals surface area contributed by atoms with E-state index < -0.39 is 0 Å². The number of carbonyl (C=O) groups is 1. The molecule has 15 heavy (non-hydrogen) atoms. The predicted octanol–water partition coefficient (Wildman–Crippen LogP) is 2.39. The van der Waals surface area contributed by atoms with Gasteiger partial charge in [0.1, 0.15) is 6.54 Å². The van der Waals surface area contributed by atoms with Crippen LogP contribution in [0.15, 0.2) is 18.3 Å². The van der Waals surface area contributed by atoms with E-state index in [0.717, 1.165) is 6.42 Å². The van der Waals surface area contributed by atoms with Crippen molar-refractivity contribution in [1.29, 1.82) is 0 Å². The van der Waals surface area contributed by atoms with Crippen molar-refractivity contribution in [2.75, 3.05) is 7.11 Å². The van der Waals surface area contributed by atoms with Gasteiger partial charge >= 0.3 is 5.97 Å². The van der Waals surface area contributed by atoms with Crippen LogP contribution in [0.2, 0.25) is 0 Å². The lowest BCUT2D eigenvalue weighted by molar-refractivity contribution is -0.141. The van der Waals surface area contributed by atoms with Gasteiger partial charge in [0.15, 0.2) is 0 Å². The molecule has 0 N–H and O–H groups in total. The van der Waals surface area contributed by atoms with E-state index in [4.69, 9.17) is 0 Å². The molecule has 3 nitrogen and oxygen atoms in total. The molecule has 0 aliphatic heterocycles. The minimum atomic E-state index is -0.192. The minimum absolute atomic E-state index is 0.192. The fraction of sp³-hybridized carbons (Fsp3) is 0.583. The summed E-state index contributed by atoms with van der Waals surface area (Å²) >= 11 is 0. The topological polar surface area (TPSA) is 31.2 Å². The maximum absolute atomic E-state index is 11.1. The average Bonchev–Trinajstić information content (AvgIpc) is 2.66. The SMILES string of the molecule is CCCCCc1cccn1CC(=O)OC. The van der Waals surface area contributed by atoms with Crippen molar-refractivity contribution in [3.8, 4) is 0 Å². The number of hydrogen-bond acceptors (Lipinski definition) is 2. The Morgan fingerprint density at radius 2 is 2.27 bits per heavy atom. The molecule has 0 saturated heterocycles. The van der Waals surface area contributed by atoms with E-state index in [9.17, 15) is 4.79 Å². The first kappa shape index (κ1) is 11.8. The van der Waals surface area contributed by atoms with Gasteiger partial charge < -0.3 is 9.30 Å². The van der Waals surface area contributed by atoms with Gasteiger partial charge in [-0.15, -0.1) is 0 Å². The van der Waals surface area contributed by atoms with Gasteiger partial charge in [0.05, 0.1) is 7.11 Å². The number of ether oxygens (including phenoxy) is 1. The summed E-state index contributed by atoms with van der Waals surface area (Å²) in [6.45, 7) is 2.51. The molecule has 0 spiro atoms. The molecule has 0 atom stereocenters. The number of hydrogen-bond donors (Lipinski definition) is 0. The van der Waals surface area contributed by atoms with Gasteiger partial charge in [0, 0.05) is 11.9 Å². The summed E-state index contributed by atoms with van der Waals surface area (Å²) in [5, 5.41) is 0. The lowest BCUT2D eigenvalue weighted by Gasteiger charge is -2.07. The first-order chi connectivity index (χ1) is 7.27. The summed E-state index contributed by atoms with van der Waals surface area (Å²) in [5.74, 6) is -0.192. The van der Waals surface area contributed by atoms with Crippen LogP contribution in [0.25, 0.3) is 0 Å². The number of nitrogens with zero attached hydrogens (tertiary/aromatic N) is 1. The fourth-order valence-corrected chi connectivity index (χ4v) is 1.59. The molecule has 0 aromatic carbocycles. The Balaban J connectivity index is 2.49. The maximum atomic E-state index is 11.1. The molecule has 0 radical (unpaired) electrons. The van der Waals surface area contributed by atoms with Crippen LogP contribution in [-0.4, -0.2) is 17.6 Å². The van der Waals surface area contributed by atoms with Crippen LogP contribution in [0, 0.1) is 0 Å². The summed E-state index contributed by atoms with van der Waals surface area (Å²) in [6.07, 6.45) is 6.61. The summed E-state index contributed by atoms with van der Waals surface area (Å²) in [4.78, 5) is 11.1. The molecular weight excluding hydrogens is 190 g/mol. The number of rotatable bonds is 6. The van der Waals surface area contributed by atoms with Crippen LogP contribution in [0.5, 0.6) is 0 Å². The fourth-order valence-electron chi connectivity index (χ4n) is 1.59. The molecule has 0 amide bonds. The van der Waals surface area contributed by atoms with Crippen LogP contribution < -0.4 is 0 Å². The maximum Gasteiger partial charge on any atom is 0.325 e. The monoisotopic (exact) mass is 209 g/mol. The van der Waals surface area contributed by atoms with Gasteiger partial charge in [-0.2, -0.15) is 0 Å². The quantitative estimate of drug-likeness (QED) is 0.532. The van der Waals surface area contributed by atoms with Crippen molar-refractivity contribution in [2.45, 2.75) is 39.2 Å². The van der Waals surface area contributed by atoms with E-state index in [1.54, 1.807) is 0 Å². The Hall–Kier alpha value is -1.25. The number of methoxy groups -OCH3 is 1. The average molecular weight is 209 g/mol. The predicted molar refractivity (Wildman–Crippen MR) is 59.7 cm³/mol. The molecule has 1 rings (SSSR count). The third-order valence-corrected chi connectivity index (χ3v) is 2.49. The van der Waals surface area contributed by atoms with Crippen LogP contribution in [-0.2, 0) is 22.5 Å². The second kappa shape index (κ2) is 6.27. The molecule has 1 heterocycles. The van der Waals surface area contributed by atoms with Crippen molar-refractivity contribution >= 4 is 5.97 Å². The largest absolute Gasteiger partial charge is 0.468 e. The number of carbonyl (C=O) groups excluding carboxylic acids is 1. The smallest absolute Gasteiger partial charge is 0.325 e. The highest BCUT2D eigenvalue weighted by molar-refractivity contribution is 5.69. The normalized spacial score (nSPS) is 10.3. The second-order valence-electron chi connectivity index (χ2n) is 3.66. The number of unbranched alkanes of at least 4 members (excludes halogenated alkanes) is 2. The molecule has 0 saturated carbocycles. The minimum Gasteiger partial charge on any atom is -0.468 e. The highest BCUT2D eigenvalue weighted by Gasteiger charge is 2.05. The van der Waals surface area contributed by atoms with Gasteiger partial charge in [-0.1, -0.05) is 19.8 Å². The Morgan fingerprint density at radius 3 is 2.93 bits per heavy atom. The molecule has 0 bridgehead atoms. The number of esters is 1. The highest BCUT2D eigenvalue weighted by Crippen LogP contribution is 2.08. The summed E-state index contributed by atoms with van der Waals surface area (Å²) in [7, 11) is 1.42. The number of aromatic nitrogens is 1. The van der Waals surface area contributed by atoms with Gasteiger partial charge in [0.2, 0.25) is 0 Å². The standard InChI is InChI=1S/C12H19NO2/c1-3-4-5-7-11-8-6-9-13(11)10-12(14)15-2/h6,8-9H,3-5,7,10H2,1-2H3. The zero-order valence-electron chi connectivity index (χ0n) is 9.53. The van der Waals surface area contributed by atoms with Gasteiger partial charge in [-0.25, -0.2) is 0 Å². The van der Waals surface area contributed by atoms with E-state index in [0.29, 0.717) is 6.54 Å². The Morgan fingerprint density at radius 1 is 1.47 bits per heavy atom. The van der Waals surface area contributed by atoms with Gasteiger partial charge in [-0.05, 0) is 25.0 Å². The molecule has 84 valence electrons. The molecule has 3 heteroatoms. The molecule has 1 aromatic rings. The van der Waals surface area contributed by atoms with Crippen LogP contribution in [0.3, 0.4) is 0 Å². The van der Waals surface area contributed by atoms with Gasteiger partial charge in [-0.3, -0.25) is 4.79 Å². The molecular formula is C12H19NO2. The zero-order chi connectivity index (χ0) is 11.1. The zero-order valence-corrected chi connectivity index (χ0v) is 9.53. The van der Waals surface area contributed by atoms with Gasteiger partial charge in [0.25, 0.3) is 0 Å². The first-order valence-corrected chi connectivity index (χ1v) is 5.48. The Bertz CT molecular complexity index is 304. The van der Waals surface area contributed by atoms with E-state index in [2.05, 4.69) is 17.7 Å². The third kappa shape index (κ3) is 3.78. The van der Waals surface area contributed by atoms with Crippen molar-refractivity contribution in [1.82, 2.24) is 4.57 Å². The van der Waals surface area contributed by atoms with Crippen LogP contribution in [0.4, 0.5) is 0 Å². The van der Waals surface area contributed by atoms with Crippen LogP contribution >= 0.6 is 0 Å². The van der Waals surface area contributed by atoms with Crippen molar-refractivity contribution in [2.24, 2.45) is 0 Å². The Labute approximate surface area is 91.0 Å². The molecule has 0 aliphatic carbocycles. The van der Waals surface area contributed by atoms with E-state index in [1.807, 2.05) is 16.8 Å². The van der Waals surface area contributed by atoms with E-state index in [1.165, 1.54) is 32.1 Å². The van der Waals surface area contributed by atoms with Crippen molar-refractivity contribution in [3.63, 3.8) is 0 Å². The Kier molecular flexibility index (Phi) is 4.95. The molecule has 0 unspecified atom stereocenters. The van der Waals surface area contributed by atoms with Crippen molar-refractivity contribution in [3.05, 3.63) is 24.0 Å². The first-order valence-electron chi connectivity index (χ1n) is 5.48.